The van der Waals surface area contributed by atoms with Crippen LogP contribution in [0.1, 0.15) is 37.6 Å². The average molecular weight is 334 g/mol. The van der Waals surface area contributed by atoms with Crippen molar-refractivity contribution >= 4 is 15.9 Å². The number of aryl methyl sites for hydroxylation is 1. The standard InChI is InChI=1S/C16H20BrN3/c1-4-8-18-11(2)15-10-19-16(20-12(15)3)13-6-5-7-14(17)9-13/h5-7,9-11,18H,4,8H2,1-3H3. The Morgan fingerprint density at radius 2 is 2.15 bits per heavy atom. The monoisotopic (exact) mass is 333 g/mol. The van der Waals surface area contributed by atoms with Crippen molar-refractivity contribution in [2.45, 2.75) is 33.2 Å². The van der Waals surface area contributed by atoms with Gasteiger partial charge in [-0.1, -0.05) is 35.0 Å². The van der Waals surface area contributed by atoms with Crippen LogP contribution in [0.2, 0.25) is 0 Å². The van der Waals surface area contributed by atoms with E-state index in [1.807, 2.05) is 37.4 Å². The fourth-order valence-electron chi connectivity index (χ4n) is 2.14. The Morgan fingerprint density at radius 3 is 2.80 bits per heavy atom. The van der Waals surface area contributed by atoms with Gasteiger partial charge in [-0.25, -0.2) is 9.97 Å². The minimum atomic E-state index is 0.284. The summed E-state index contributed by atoms with van der Waals surface area (Å²) in [6.07, 6.45) is 3.06. The first-order valence-corrected chi connectivity index (χ1v) is 7.74. The molecule has 0 spiro atoms. The number of hydrogen-bond acceptors (Lipinski definition) is 3. The Hall–Kier alpha value is -1.26. The number of nitrogens with zero attached hydrogens (tertiary/aromatic N) is 2. The second-order valence-corrected chi connectivity index (χ2v) is 5.84. The third kappa shape index (κ3) is 3.64. The van der Waals surface area contributed by atoms with Crippen molar-refractivity contribution < 1.29 is 0 Å². The molecule has 1 N–H and O–H groups in total. The summed E-state index contributed by atoms with van der Waals surface area (Å²) in [6, 6.07) is 8.34. The van der Waals surface area contributed by atoms with Gasteiger partial charge in [0.15, 0.2) is 5.82 Å². The minimum absolute atomic E-state index is 0.284. The van der Waals surface area contributed by atoms with Gasteiger partial charge in [0.25, 0.3) is 0 Å². The van der Waals surface area contributed by atoms with Gasteiger partial charge in [0, 0.05) is 33.5 Å². The number of nitrogens with one attached hydrogen (secondary N) is 1. The SMILES string of the molecule is CCCNC(C)c1cnc(-c2cccc(Br)c2)nc1C. The highest BCUT2D eigenvalue weighted by Gasteiger charge is 2.11. The van der Waals surface area contributed by atoms with E-state index < -0.39 is 0 Å². The molecule has 4 heteroatoms. The molecule has 20 heavy (non-hydrogen) atoms. The van der Waals surface area contributed by atoms with Crippen molar-refractivity contribution in [3.63, 3.8) is 0 Å². The van der Waals surface area contributed by atoms with Gasteiger partial charge in [0.1, 0.15) is 0 Å². The van der Waals surface area contributed by atoms with Crippen molar-refractivity contribution in [3.8, 4) is 11.4 Å². The van der Waals surface area contributed by atoms with E-state index in [0.29, 0.717) is 0 Å². The molecule has 0 aliphatic heterocycles. The number of benzene rings is 1. The Bertz CT molecular complexity index is 584. The normalized spacial score (nSPS) is 12.4. The highest BCUT2D eigenvalue weighted by Crippen LogP contribution is 2.22. The summed E-state index contributed by atoms with van der Waals surface area (Å²) < 4.78 is 1.04. The van der Waals surface area contributed by atoms with Gasteiger partial charge in [0.05, 0.1) is 0 Å². The minimum Gasteiger partial charge on any atom is -0.310 e. The van der Waals surface area contributed by atoms with E-state index in [4.69, 9.17) is 0 Å². The maximum Gasteiger partial charge on any atom is 0.159 e. The Labute approximate surface area is 129 Å². The van der Waals surface area contributed by atoms with Crippen LogP contribution in [-0.2, 0) is 0 Å². The van der Waals surface area contributed by atoms with E-state index in [0.717, 1.165) is 40.1 Å². The quantitative estimate of drug-likeness (QED) is 0.887. The first-order valence-electron chi connectivity index (χ1n) is 6.94. The Kier molecular flexibility index (Phi) is 5.26. The predicted molar refractivity (Wildman–Crippen MR) is 86.6 cm³/mol. The first kappa shape index (κ1) is 15.1. The van der Waals surface area contributed by atoms with E-state index in [-0.39, 0.29) is 6.04 Å². The van der Waals surface area contributed by atoms with Crippen molar-refractivity contribution in [1.29, 1.82) is 0 Å². The van der Waals surface area contributed by atoms with Crippen LogP contribution in [0.15, 0.2) is 34.9 Å². The summed E-state index contributed by atoms with van der Waals surface area (Å²) in [6.45, 7) is 7.37. The number of hydrogen-bond donors (Lipinski definition) is 1. The lowest BCUT2D eigenvalue weighted by Gasteiger charge is -2.15. The number of aromatic nitrogens is 2. The summed E-state index contributed by atoms with van der Waals surface area (Å²) in [5.74, 6) is 0.773. The van der Waals surface area contributed by atoms with E-state index >= 15 is 0 Å². The highest BCUT2D eigenvalue weighted by molar-refractivity contribution is 9.10. The molecule has 0 aliphatic carbocycles. The third-order valence-corrected chi connectivity index (χ3v) is 3.76. The largest absolute Gasteiger partial charge is 0.310 e. The van der Waals surface area contributed by atoms with Crippen LogP contribution in [0.25, 0.3) is 11.4 Å². The molecule has 106 valence electrons. The topological polar surface area (TPSA) is 37.8 Å². The van der Waals surface area contributed by atoms with E-state index in [1.165, 1.54) is 0 Å². The van der Waals surface area contributed by atoms with Crippen LogP contribution in [0, 0.1) is 6.92 Å². The van der Waals surface area contributed by atoms with E-state index in [9.17, 15) is 0 Å². The Balaban J connectivity index is 2.25. The van der Waals surface area contributed by atoms with Gasteiger partial charge in [-0.05, 0) is 38.9 Å². The molecule has 0 radical (unpaired) electrons. The maximum atomic E-state index is 4.64. The Morgan fingerprint density at radius 1 is 1.35 bits per heavy atom. The summed E-state index contributed by atoms with van der Waals surface area (Å²) in [5.41, 5.74) is 3.23. The zero-order valence-electron chi connectivity index (χ0n) is 12.2. The van der Waals surface area contributed by atoms with E-state index in [2.05, 4.69) is 45.1 Å². The van der Waals surface area contributed by atoms with E-state index in [1.54, 1.807) is 0 Å². The van der Waals surface area contributed by atoms with Gasteiger partial charge < -0.3 is 5.32 Å². The third-order valence-electron chi connectivity index (χ3n) is 3.27. The van der Waals surface area contributed by atoms with Crippen molar-refractivity contribution in [2.75, 3.05) is 6.54 Å². The molecule has 1 atom stereocenters. The van der Waals surface area contributed by atoms with Gasteiger partial charge >= 0.3 is 0 Å². The van der Waals surface area contributed by atoms with Crippen LogP contribution in [0.4, 0.5) is 0 Å². The predicted octanol–water partition coefficient (Wildman–Crippen LogP) is 4.28. The second-order valence-electron chi connectivity index (χ2n) is 4.92. The van der Waals surface area contributed by atoms with Gasteiger partial charge in [0.2, 0.25) is 0 Å². The molecule has 0 amide bonds. The molecule has 3 nitrogen and oxygen atoms in total. The molecule has 2 rings (SSSR count). The smallest absolute Gasteiger partial charge is 0.159 e. The zero-order chi connectivity index (χ0) is 14.5. The van der Waals surface area contributed by atoms with Gasteiger partial charge in [-0.3, -0.25) is 0 Å². The molecule has 0 saturated heterocycles. The molecule has 0 bridgehead atoms. The van der Waals surface area contributed by atoms with Crippen molar-refractivity contribution in [1.82, 2.24) is 15.3 Å². The zero-order valence-corrected chi connectivity index (χ0v) is 13.7. The number of halogens is 1. The van der Waals surface area contributed by atoms with Crippen molar-refractivity contribution in [2.24, 2.45) is 0 Å². The van der Waals surface area contributed by atoms with Crippen LogP contribution >= 0.6 is 15.9 Å². The second kappa shape index (κ2) is 6.95. The summed E-state index contributed by atoms with van der Waals surface area (Å²) >= 11 is 3.48. The van der Waals surface area contributed by atoms with Crippen LogP contribution in [-0.4, -0.2) is 16.5 Å². The van der Waals surface area contributed by atoms with Crippen LogP contribution < -0.4 is 5.32 Å². The maximum absolute atomic E-state index is 4.64. The molecule has 1 unspecified atom stereocenters. The lowest BCUT2D eigenvalue weighted by molar-refractivity contribution is 0.564. The highest BCUT2D eigenvalue weighted by atomic mass is 79.9. The fraction of sp³-hybridized carbons (Fsp3) is 0.375. The summed E-state index contributed by atoms with van der Waals surface area (Å²) in [4.78, 5) is 9.15. The molecule has 1 aromatic heterocycles. The molecule has 1 heterocycles. The average Bonchev–Trinajstić information content (AvgIpc) is 2.44. The summed E-state index contributed by atoms with van der Waals surface area (Å²) in [5, 5.41) is 3.47. The molecule has 1 aromatic carbocycles. The summed E-state index contributed by atoms with van der Waals surface area (Å²) in [7, 11) is 0. The molecule has 0 aliphatic rings. The van der Waals surface area contributed by atoms with Crippen LogP contribution in [0.5, 0.6) is 0 Å². The molecule has 2 aromatic rings. The molecule has 0 saturated carbocycles. The first-order chi connectivity index (χ1) is 9.61. The fourth-order valence-corrected chi connectivity index (χ4v) is 2.54. The molecule has 0 fully saturated rings. The van der Waals surface area contributed by atoms with Gasteiger partial charge in [-0.15, -0.1) is 0 Å². The molecular weight excluding hydrogens is 314 g/mol. The van der Waals surface area contributed by atoms with Crippen molar-refractivity contribution in [3.05, 3.63) is 46.2 Å². The molecular formula is C16H20BrN3. The lowest BCUT2D eigenvalue weighted by Crippen LogP contribution is -2.20. The van der Waals surface area contributed by atoms with Gasteiger partial charge in [-0.2, -0.15) is 0 Å². The number of rotatable bonds is 5. The lowest BCUT2D eigenvalue weighted by atomic mass is 10.1. The van der Waals surface area contributed by atoms with Crippen LogP contribution in [0.3, 0.4) is 0 Å².